The van der Waals surface area contributed by atoms with Crippen molar-refractivity contribution in [3.8, 4) is 17.2 Å². The van der Waals surface area contributed by atoms with E-state index in [2.05, 4.69) is 4.98 Å². The Morgan fingerprint density at radius 1 is 1.07 bits per heavy atom. The van der Waals surface area contributed by atoms with Crippen molar-refractivity contribution in [3.63, 3.8) is 0 Å². The number of rotatable bonds is 8. The summed E-state index contributed by atoms with van der Waals surface area (Å²) in [5.74, 6) is 1.45. The van der Waals surface area contributed by atoms with Gasteiger partial charge in [-0.3, -0.25) is 0 Å². The summed E-state index contributed by atoms with van der Waals surface area (Å²) in [7, 11) is 1.61. The molecule has 6 heteroatoms. The number of unbranched alkanes of at least 4 members (excludes halogenated alkanes) is 1. The van der Waals surface area contributed by atoms with Gasteiger partial charge in [0.05, 0.1) is 20.3 Å². The first-order chi connectivity index (χ1) is 13.7. The molecule has 0 fully saturated rings. The molecule has 0 aliphatic carbocycles. The average Bonchev–Trinajstić information content (AvgIpc) is 2.73. The SMILES string of the molecule is CCCCOC(=O)c1ncc2ccc(Oc3ccc(OC)cc3)cc2c1CO. The van der Waals surface area contributed by atoms with E-state index in [0.29, 0.717) is 29.1 Å². The van der Waals surface area contributed by atoms with Crippen LogP contribution >= 0.6 is 0 Å². The molecule has 1 N–H and O–H groups in total. The quantitative estimate of drug-likeness (QED) is 0.458. The first kappa shape index (κ1) is 19.6. The molecular formula is C22H23NO5. The van der Waals surface area contributed by atoms with Crippen molar-refractivity contribution in [2.75, 3.05) is 13.7 Å². The number of aliphatic hydroxyl groups excluding tert-OH is 1. The fourth-order valence-corrected chi connectivity index (χ4v) is 2.81. The Bertz CT molecular complexity index is 953. The second-order valence-electron chi connectivity index (χ2n) is 6.26. The van der Waals surface area contributed by atoms with Crippen molar-refractivity contribution in [2.24, 2.45) is 0 Å². The molecule has 0 radical (unpaired) electrons. The number of fused-ring (bicyclic) bond motifs is 1. The highest BCUT2D eigenvalue weighted by Gasteiger charge is 2.17. The van der Waals surface area contributed by atoms with Gasteiger partial charge in [0.25, 0.3) is 0 Å². The summed E-state index contributed by atoms with van der Waals surface area (Å²) in [4.78, 5) is 16.5. The lowest BCUT2D eigenvalue weighted by Crippen LogP contribution is -2.12. The van der Waals surface area contributed by atoms with Gasteiger partial charge >= 0.3 is 5.97 Å². The predicted molar refractivity (Wildman–Crippen MR) is 106 cm³/mol. The molecule has 0 bridgehead atoms. The van der Waals surface area contributed by atoms with Crippen LogP contribution in [0, 0.1) is 0 Å². The molecule has 0 atom stereocenters. The number of methoxy groups -OCH3 is 1. The number of hydrogen-bond donors (Lipinski definition) is 1. The summed E-state index contributed by atoms with van der Waals surface area (Å²) in [6.07, 6.45) is 3.31. The molecule has 1 heterocycles. The first-order valence-corrected chi connectivity index (χ1v) is 9.17. The summed E-state index contributed by atoms with van der Waals surface area (Å²) in [6.45, 7) is 2.03. The molecule has 0 spiro atoms. The van der Waals surface area contributed by atoms with E-state index in [1.807, 2.05) is 31.2 Å². The zero-order valence-electron chi connectivity index (χ0n) is 16.0. The van der Waals surface area contributed by atoms with Gasteiger partial charge in [0.15, 0.2) is 5.69 Å². The molecule has 0 saturated heterocycles. The van der Waals surface area contributed by atoms with E-state index in [9.17, 15) is 9.90 Å². The number of esters is 1. The van der Waals surface area contributed by atoms with E-state index < -0.39 is 5.97 Å². The number of aliphatic hydroxyl groups is 1. The van der Waals surface area contributed by atoms with Crippen LogP contribution in [0.4, 0.5) is 0 Å². The summed E-state index contributed by atoms with van der Waals surface area (Å²) in [5, 5.41) is 11.4. The minimum Gasteiger partial charge on any atom is -0.497 e. The lowest BCUT2D eigenvalue weighted by atomic mass is 10.0. The van der Waals surface area contributed by atoms with E-state index in [-0.39, 0.29) is 12.3 Å². The molecule has 0 amide bonds. The highest BCUT2D eigenvalue weighted by molar-refractivity contribution is 5.96. The maximum Gasteiger partial charge on any atom is 0.357 e. The molecular weight excluding hydrogens is 358 g/mol. The fourth-order valence-electron chi connectivity index (χ4n) is 2.81. The molecule has 2 aromatic carbocycles. The third-order valence-corrected chi connectivity index (χ3v) is 4.35. The number of hydrogen-bond acceptors (Lipinski definition) is 6. The third kappa shape index (κ3) is 4.40. The van der Waals surface area contributed by atoms with Gasteiger partial charge in [0.2, 0.25) is 0 Å². The number of carbonyl (C=O) groups is 1. The summed E-state index contributed by atoms with van der Waals surface area (Å²) >= 11 is 0. The van der Waals surface area contributed by atoms with Crippen LogP contribution in [-0.4, -0.2) is 29.8 Å². The van der Waals surface area contributed by atoms with Gasteiger partial charge in [-0.15, -0.1) is 0 Å². The molecule has 28 heavy (non-hydrogen) atoms. The van der Waals surface area contributed by atoms with E-state index >= 15 is 0 Å². The van der Waals surface area contributed by atoms with Crippen LogP contribution in [0.25, 0.3) is 10.8 Å². The Kier molecular flexibility index (Phi) is 6.45. The van der Waals surface area contributed by atoms with E-state index in [1.54, 1.807) is 31.5 Å². The van der Waals surface area contributed by atoms with Gasteiger partial charge in [-0.2, -0.15) is 0 Å². The standard InChI is InChI=1S/C22H23NO5/c1-3-4-11-27-22(25)21-20(14-24)19-12-18(6-5-15(19)13-23-21)28-17-9-7-16(26-2)8-10-17/h5-10,12-13,24H,3-4,11,14H2,1-2H3. The van der Waals surface area contributed by atoms with E-state index in [0.717, 1.165) is 24.0 Å². The molecule has 3 rings (SSSR count). The second-order valence-corrected chi connectivity index (χ2v) is 6.26. The Labute approximate surface area is 163 Å². The topological polar surface area (TPSA) is 77.9 Å². The Morgan fingerprint density at radius 2 is 1.79 bits per heavy atom. The number of benzene rings is 2. The number of pyridine rings is 1. The Balaban J connectivity index is 1.91. The molecule has 0 aliphatic heterocycles. The van der Waals surface area contributed by atoms with Gasteiger partial charge in [-0.05, 0) is 54.3 Å². The van der Waals surface area contributed by atoms with Crippen molar-refractivity contribution in [3.05, 3.63) is 59.9 Å². The van der Waals surface area contributed by atoms with Gasteiger partial charge in [0.1, 0.15) is 17.2 Å². The largest absolute Gasteiger partial charge is 0.497 e. The summed E-state index contributed by atoms with van der Waals surface area (Å²) < 4.78 is 16.3. The zero-order chi connectivity index (χ0) is 19.9. The van der Waals surface area contributed by atoms with Gasteiger partial charge < -0.3 is 19.3 Å². The first-order valence-electron chi connectivity index (χ1n) is 9.17. The number of nitrogens with zero attached hydrogens (tertiary/aromatic N) is 1. The maximum atomic E-state index is 12.3. The molecule has 0 saturated carbocycles. The number of carbonyl (C=O) groups excluding carboxylic acids is 1. The average molecular weight is 381 g/mol. The van der Waals surface area contributed by atoms with Crippen molar-refractivity contribution in [2.45, 2.75) is 26.4 Å². The summed E-state index contributed by atoms with van der Waals surface area (Å²) in [5.41, 5.74) is 0.562. The second kappa shape index (κ2) is 9.19. The fraction of sp³-hybridized carbons (Fsp3) is 0.273. The van der Waals surface area contributed by atoms with Crippen LogP contribution in [0.15, 0.2) is 48.7 Å². The molecule has 1 aromatic heterocycles. The molecule has 0 aliphatic rings. The Morgan fingerprint density at radius 3 is 2.46 bits per heavy atom. The van der Waals surface area contributed by atoms with Crippen LogP contribution in [0.1, 0.15) is 35.8 Å². The van der Waals surface area contributed by atoms with E-state index in [4.69, 9.17) is 14.2 Å². The maximum absolute atomic E-state index is 12.3. The minimum atomic E-state index is -0.527. The van der Waals surface area contributed by atoms with Crippen LogP contribution in [0.5, 0.6) is 17.2 Å². The van der Waals surface area contributed by atoms with Crippen LogP contribution in [0.2, 0.25) is 0 Å². The number of ether oxygens (including phenoxy) is 3. The van der Waals surface area contributed by atoms with Crippen molar-refractivity contribution in [1.82, 2.24) is 4.98 Å². The van der Waals surface area contributed by atoms with Crippen LogP contribution in [-0.2, 0) is 11.3 Å². The Hall–Kier alpha value is -3.12. The van der Waals surface area contributed by atoms with Crippen molar-refractivity contribution < 1.29 is 24.1 Å². The molecule has 6 nitrogen and oxygen atoms in total. The zero-order valence-corrected chi connectivity index (χ0v) is 16.0. The predicted octanol–water partition coefficient (Wildman–Crippen LogP) is 4.48. The third-order valence-electron chi connectivity index (χ3n) is 4.35. The van der Waals surface area contributed by atoms with Crippen molar-refractivity contribution in [1.29, 1.82) is 0 Å². The van der Waals surface area contributed by atoms with Crippen LogP contribution in [0.3, 0.4) is 0 Å². The highest BCUT2D eigenvalue weighted by Crippen LogP contribution is 2.29. The number of aromatic nitrogens is 1. The van der Waals surface area contributed by atoms with Gasteiger partial charge in [-0.1, -0.05) is 13.3 Å². The lowest BCUT2D eigenvalue weighted by molar-refractivity contribution is 0.0489. The van der Waals surface area contributed by atoms with Crippen molar-refractivity contribution >= 4 is 16.7 Å². The smallest absolute Gasteiger partial charge is 0.357 e. The molecule has 0 unspecified atom stereocenters. The van der Waals surface area contributed by atoms with Crippen LogP contribution < -0.4 is 9.47 Å². The molecule has 3 aromatic rings. The highest BCUT2D eigenvalue weighted by atomic mass is 16.5. The summed E-state index contributed by atoms with van der Waals surface area (Å²) in [6, 6.07) is 12.7. The van der Waals surface area contributed by atoms with Gasteiger partial charge in [-0.25, -0.2) is 9.78 Å². The normalized spacial score (nSPS) is 10.7. The van der Waals surface area contributed by atoms with Gasteiger partial charge in [0, 0.05) is 17.1 Å². The molecule has 146 valence electrons. The lowest BCUT2D eigenvalue weighted by Gasteiger charge is -2.12. The van der Waals surface area contributed by atoms with E-state index in [1.165, 1.54) is 0 Å². The monoisotopic (exact) mass is 381 g/mol. The minimum absolute atomic E-state index is 0.132.